The molecule has 0 radical (unpaired) electrons. The first-order valence-corrected chi connectivity index (χ1v) is 8.71. The third kappa shape index (κ3) is 6.06. The molecule has 6 nitrogen and oxygen atoms in total. The van der Waals surface area contributed by atoms with Crippen molar-refractivity contribution >= 4 is 34.9 Å². The Labute approximate surface area is 158 Å². The summed E-state index contributed by atoms with van der Waals surface area (Å²) < 4.78 is 0. The molecular formula is C19H23ClN4O2. The normalized spacial score (nSPS) is 11.5. The van der Waals surface area contributed by atoms with Gasteiger partial charge >= 0.3 is 6.03 Å². The van der Waals surface area contributed by atoms with Crippen LogP contribution in [0.4, 0.5) is 16.2 Å². The minimum atomic E-state index is -0.352. The number of para-hydroxylation sites is 1. The van der Waals surface area contributed by atoms with Crippen LogP contribution >= 0.6 is 11.6 Å². The standard InChI is InChI=1S/C19H23ClN4O2/c1-13(11-21-2)18(25)23-15-7-5-6-14(10-15)12-22-19(26)24-17-9-4-3-8-16(17)20/h3-10,13,21H,11-12H2,1-2H3,(H,23,25)(H2,22,24,26). The summed E-state index contributed by atoms with van der Waals surface area (Å²) in [6, 6.07) is 14.0. The van der Waals surface area contributed by atoms with Gasteiger partial charge in [0.15, 0.2) is 0 Å². The number of anilines is 2. The highest BCUT2D eigenvalue weighted by Gasteiger charge is 2.12. The number of amides is 3. The quantitative estimate of drug-likeness (QED) is 0.599. The molecule has 0 saturated carbocycles. The van der Waals surface area contributed by atoms with Gasteiger partial charge in [-0.3, -0.25) is 4.79 Å². The lowest BCUT2D eigenvalue weighted by atomic mass is 10.1. The average molecular weight is 375 g/mol. The zero-order chi connectivity index (χ0) is 18.9. The second-order valence-corrected chi connectivity index (χ2v) is 6.34. The van der Waals surface area contributed by atoms with Gasteiger partial charge < -0.3 is 21.3 Å². The second-order valence-electron chi connectivity index (χ2n) is 5.94. The highest BCUT2D eigenvalue weighted by atomic mass is 35.5. The molecule has 0 saturated heterocycles. The molecule has 0 heterocycles. The van der Waals surface area contributed by atoms with E-state index in [0.29, 0.717) is 29.5 Å². The minimum Gasteiger partial charge on any atom is -0.334 e. The number of nitrogens with one attached hydrogen (secondary N) is 4. The molecule has 2 aromatic rings. The summed E-state index contributed by atoms with van der Waals surface area (Å²) in [6.45, 7) is 2.79. The van der Waals surface area contributed by atoms with E-state index in [1.807, 2.05) is 38.2 Å². The van der Waals surface area contributed by atoms with E-state index in [1.54, 1.807) is 24.3 Å². The number of halogens is 1. The van der Waals surface area contributed by atoms with Crippen LogP contribution in [0.5, 0.6) is 0 Å². The molecule has 2 rings (SSSR count). The van der Waals surface area contributed by atoms with Crippen LogP contribution in [0.2, 0.25) is 5.02 Å². The van der Waals surface area contributed by atoms with Gasteiger partial charge in [-0.15, -0.1) is 0 Å². The molecule has 1 atom stereocenters. The van der Waals surface area contributed by atoms with Crippen molar-refractivity contribution in [3.05, 3.63) is 59.1 Å². The number of carbonyl (C=O) groups is 2. The topological polar surface area (TPSA) is 82.3 Å². The lowest BCUT2D eigenvalue weighted by Gasteiger charge is -2.13. The van der Waals surface area contributed by atoms with Crippen LogP contribution in [0.25, 0.3) is 0 Å². The smallest absolute Gasteiger partial charge is 0.319 e. The van der Waals surface area contributed by atoms with E-state index in [2.05, 4.69) is 21.3 Å². The zero-order valence-electron chi connectivity index (χ0n) is 14.8. The highest BCUT2D eigenvalue weighted by Crippen LogP contribution is 2.20. The van der Waals surface area contributed by atoms with Crippen molar-refractivity contribution in [3.8, 4) is 0 Å². The number of hydrogen-bond acceptors (Lipinski definition) is 3. The maximum Gasteiger partial charge on any atom is 0.319 e. The molecular weight excluding hydrogens is 352 g/mol. The van der Waals surface area contributed by atoms with Crippen molar-refractivity contribution in [1.29, 1.82) is 0 Å². The van der Waals surface area contributed by atoms with E-state index in [0.717, 1.165) is 5.56 Å². The fraction of sp³-hybridized carbons (Fsp3) is 0.263. The summed E-state index contributed by atoms with van der Waals surface area (Å²) in [5, 5.41) is 11.8. The predicted octanol–water partition coefficient (Wildman–Crippen LogP) is 3.46. The molecule has 0 fully saturated rings. The lowest BCUT2D eigenvalue weighted by Crippen LogP contribution is -2.29. The molecule has 0 spiro atoms. The van der Waals surface area contributed by atoms with E-state index in [-0.39, 0.29) is 17.9 Å². The molecule has 0 aromatic heterocycles. The molecule has 0 bridgehead atoms. The minimum absolute atomic E-state index is 0.0547. The van der Waals surface area contributed by atoms with Crippen LogP contribution < -0.4 is 21.3 Å². The third-order valence-corrected chi connectivity index (χ3v) is 4.06. The monoisotopic (exact) mass is 374 g/mol. The van der Waals surface area contributed by atoms with Gasteiger partial charge in [0.25, 0.3) is 0 Å². The molecule has 0 aliphatic rings. The van der Waals surface area contributed by atoms with Gasteiger partial charge in [0, 0.05) is 24.7 Å². The Bertz CT molecular complexity index is 767. The van der Waals surface area contributed by atoms with Gasteiger partial charge in [0.1, 0.15) is 0 Å². The largest absolute Gasteiger partial charge is 0.334 e. The zero-order valence-corrected chi connectivity index (χ0v) is 15.6. The van der Waals surface area contributed by atoms with Crippen molar-refractivity contribution < 1.29 is 9.59 Å². The summed E-state index contributed by atoms with van der Waals surface area (Å²) in [6.07, 6.45) is 0. The van der Waals surface area contributed by atoms with Gasteiger partial charge in [-0.2, -0.15) is 0 Å². The molecule has 4 N–H and O–H groups in total. The first kappa shape index (κ1) is 19.8. The SMILES string of the molecule is CNCC(C)C(=O)Nc1cccc(CNC(=O)Nc2ccccc2Cl)c1. The van der Waals surface area contributed by atoms with Crippen LogP contribution in [0, 0.1) is 5.92 Å². The summed E-state index contributed by atoms with van der Waals surface area (Å²) >= 11 is 6.02. The number of benzene rings is 2. The van der Waals surface area contributed by atoms with Crippen molar-refractivity contribution in [2.75, 3.05) is 24.2 Å². The maximum atomic E-state index is 12.1. The molecule has 138 valence electrons. The Morgan fingerprint density at radius 2 is 1.85 bits per heavy atom. The van der Waals surface area contributed by atoms with Crippen molar-refractivity contribution in [1.82, 2.24) is 10.6 Å². The number of urea groups is 1. The van der Waals surface area contributed by atoms with E-state index in [4.69, 9.17) is 11.6 Å². The van der Waals surface area contributed by atoms with E-state index < -0.39 is 0 Å². The van der Waals surface area contributed by atoms with Gasteiger partial charge in [-0.1, -0.05) is 42.8 Å². The molecule has 1 unspecified atom stereocenters. The summed E-state index contributed by atoms with van der Waals surface area (Å²) in [4.78, 5) is 24.1. The first-order chi connectivity index (χ1) is 12.5. The summed E-state index contributed by atoms with van der Waals surface area (Å²) in [5.41, 5.74) is 2.12. The fourth-order valence-electron chi connectivity index (χ4n) is 2.33. The molecule has 26 heavy (non-hydrogen) atoms. The Balaban J connectivity index is 1.89. The van der Waals surface area contributed by atoms with Crippen LogP contribution in [0.15, 0.2) is 48.5 Å². The Hall–Kier alpha value is -2.57. The first-order valence-electron chi connectivity index (χ1n) is 8.33. The molecule has 2 aromatic carbocycles. The van der Waals surface area contributed by atoms with Gasteiger partial charge in [0.05, 0.1) is 10.7 Å². The molecule has 0 aliphatic carbocycles. The van der Waals surface area contributed by atoms with Crippen LogP contribution in [-0.4, -0.2) is 25.5 Å². The third-order valence-electron chi connectivity index (χ3n) is 3.73. The van der Waals surface area contributed by atoms with Gasteiger partial charge in [-0.05, 0) is 36.9 Å². The second kappa shape index (κ2) is 9.79. The van der Waals surface area contributed by atoms with Gasteiger partial charge in [0.2, 0.25) is 5.91 Å². The number of rotatable bonds is 7. The van der Waals surface area contributed by atoms with Crippen LogP contribution in [0.3, 0.4) is 0 Å². The van der Waals surface area contributed by atoms with E-state index >= 15 is 0 Å². The number of hydrogen-bond donors (Lipinski definition) is 4. The van der Waals surface area contributed by atoms with Crippen molar-refractivity contribution in [3.63, 3.8) is 0 Å². The van der Waals surface area contributed by atoms with E-state index in [9.17, 15) is 9.59 Å². The number of carbonyl (C=O) groups excluding carboxylic acids is 2. The highest BCUT2D eigenvalue weighted by molar-refractivity contribution is 6.33. The summed E-state index contributed by atoms with van der Waals surface area (Å²) in [5.74, 6) is -0.191. The Morgan fingerprint density at radius 1 is 1.08 bits per heavy atom. The summed E-state index contributed by atoms with van der Waals surface area (Å²) in [7, 11) is 1.81. The van der Waals surface area contributed by atoms with Crippen molar-refractivity contribution in [2.45, 2.75) is 13.5 Å². The predicted molar refractivity (Wildman–Crippen MR) is 105 cm³/mol. The van der Waals surface area contributed by atoms with Crippen LogP contribution in [0.1, 0.15) is 12.5 Å². The molecule has 3 amide bonds. The fourth-order valence-corrected chi connectivity index (χ4v) is 2.52. The average Bonchev–Trinajstić information content (AvgIpc) is 2.62. The van der Waals surface area contributed by atoms with Crippen molar-refractivity contribution in [2.24, 2.45) is 5.92 Å². The van der Waals surface area contributed by atoms with E-state index in [1.165, 1.54) is 0 Å². The Morgan fingerprint density at radius 3 is 2.58 bits per heavy atom. The van der Waals surface area contributed by atoms with Crippen LogP contribution in [-0.2, 0) is 11.3 Å². The molecule has 0 aliphatic heterocycles. The van der Waals surface area contributed by atoms with Gasteiger partial charge in [-0.25, -0.2) is 4.79 Å². The molecule has 7 heteroatoms. The maximum absolute atomic E-state index is 12.1. The Kier molecular flexibility index (Phi) is 7.44. The lowest BCUT2D eigenvalue weighted by molar-refractivity contribution is -0.119.